The third-order valence-electron chi connectivity index (χ3n) is 7.08. The molecule has 2 N–H and O–H groups in total. The molecule has 1 saturated carbocycles. The van der Waals surface area contributed by atoms with Crippen molar-refractivity contribution < 1.29 is 31.1 Å². The van der Waals surface area contributed by atoms with Gasteiger partial charge in [-0.1, -0.05) is 17.7 Å². The van der Waals surface area contributed by atoms with Gasteiger partial charge in [-0.15, -0.1) is 0 Å². The highest BCUT2D eigenvalue weighted by Gasteiger charge is 2.28. The number of aromatic nitrogens is 3. The van der Waals surface area contributed by atoms with E-state index in [4.69, 9.17) is 4.74 Å². The predicted molar refractivity (Wildman–Crippen MR) is 156 cm³/mol. The number of alkyl carbamates (subject to hydrolysis) is 1. The summed E-state index contributed by atoms with van der Waals surface area (Å²) in [6.07, 6.45) is 4.11. The van der Waals surface area contributed by atoms with Gasteiger partial charge in [-0.2, -0.15) is 0 Å². The lowest BCUT2D eigenvalue weighted by atomic mass is 9.91. The fourth-order valence-corrected chi connectivity index (χ4v) is 6.53. The average Bonchev–Trinajstić information content (AvgIpc) is 3.30. The number of nitrogens with one attached hydrogen (secondary N) is 2. The third-order valence-corrected chi connectivity index (χ3v) is 8.76. The molecule has 0 saturated heterocycles. The molecule has 43 heavy (non-hydrogen) atoms. The standard InChI is InChI=1S/C30H32F3N5O4S/c1-17-8-10-21(11-9-17)43(40,41)38-16-23(22-12-18(31)13-24(32)26(22)38)27-34-15-25(33)28(37-27)35-19-6-5-7-20(14-19)36-29(39)42-30(2,3)4/h8-13,15-16,19-20H,5-7,14H2,1-4H3,(H,36,39)(H,34,35,37)/t19-,20+/m0/s1. The van der Waals surface area contributed by atoms with Crippen LogP contribution < -0.4 is 10.6 Å². The van der Waals surface area contributed by atoms with Crippen molar-refractivity contribution in [1.82, 2.24) is 19.3 Å². The zero-order chi connectivity index (χ0) is 31.1. The lowest BCUT2D eigenvalue weighted by Gasteiger charge is -2.31. The number of hydrogen-bond donors (Lipinski definition) is 2. The van der Waals surface area contributed by atoms with Crippen molar-refractivity contribution in [2.75, 3.05) is 5.32 Å². The number of fused-ring (bicyclic) bond motifs is 1. The summed E-state index contributed by atoms with van der Waals surface area (Å²) in [5.74, 6) is -3.08. The molecule has 4 aromatic rings. The van der Waals surface area contributed by atoms with E-state index in [1.54, 1.807) is 39.8 Å². The van der Waals surface area contributed by atoms with Gasteiger partial charge in [0, 0.05) is 35.3 Å². The van der Waals surface area contributed by atoms with E-state index in [0.717, 1.165) is 40.8 Å². The van der Waals surface area contributed by atoms with Gasteiger partial charge in [0.25, 0.3) is 10.0 Å². The van der Waals surface area contributed by atoms with Crippen LogP contribution in [0.3, 0.4) is 0 Å². The molecule has 1 aliphatic carbocycles. The van der Waals surface area contributed by atoms with Crippen molar-refractivity contribution in [3.63, 3.8) is 0 Å². The van der Waals surface area contributed by atoms with Crippen molar-refractivity contribution in [1.29, 1.82) is 0 Å². The van der Waals surface area contributed by atoms with Gasteiger partial charge in [0.15, 0.2) is 23.3 Å². The molecule has 0 unspecified atom stereocenters. The maximum atomic E-state index is 15.1. The Morgan fingerprint density at radius 2 is 1.74 bits per heavy atom. The van der Waals surface area contributed by atoms with Gasteiger partial charge in [-0.3, -0.25) is 0 Å². The molecule has 0 spiro atoms. The number of carbonyl (C=O) groups excluding carboxylic acids is 1. The van der Waals surface area contributed by atoms with E-state index in [-0.39, 0.29) is 45.1 Å². The Morgan fingerprint density at radius 1 is 1.05 bits per heavy atom. The van der Waals surface area contributed by atoms with Crippen LogP contribution in [0.5, 0.6) is 0 Å². The average molecular weight is 616 g/mol. The smallest absolute Gasteiger partial charge is 0.407 e. The van der Waals surface area contributed by atoms with Crippen LogP contribution in [0.1, 0.15) is 52.0 Å². The molecular formula is C30H32F3N5O4S. The Hall–Kier alpha value is -4.13. The molecular weight excluding hydrogens is 583 g/mol. The second-order valence-electron chi connectivity index (χ2n) is 11.7. The van der Waals surface area contributed by atoms with Crippen LogP contribution in [0.15, 0.2) is 53.7 Å². The maximum Gasteiger partial charge on any atom is 0.407 e. The topological polar surface area (TPSA) is 115 Å². The fraction of sp³-hybridized carbons (Fsp3) is 0.367. The van der Waals surface area contributed by atoms with E-state index in [1.165, 1.54) is 12.1 Å². The Labute approximate surface area is 247 Å². The summed E-state index contributed by atoms with van der Waals surface area (Å²) in [6.45, 7) is 7.10. The number of ether oxygens (including phenoxy) is 1. The van der Waals surface area contributed by atoms with Crippen molar-refractivity contribution in [2.24, 2.45) is 0 Å². The molecule has 2 heterocycles. The van der Waals surface area contributed by atoms with E-state index in [0.29, 0.717) is 18.9 Å². The molecule has 0 bridgehead atoms. The van der Waals surface area contributed by atoms with Gasteiger partial charge >= 0.3 is 6.09 Å². The first-order valence-electron chi connectivity index (χ1n) is 13.8. The molecule has 0 aliphatic heterocycles. The number of benzene rings is 2. The number of aryl methyl sites for hydroxylation is 1. The Kier molecular flexibility index (Phi) is 8.12. The highest BCUT2D eigenvalue weighted by molar-refractivity contribution is 7.90. The summed E-state index contributed by atoms with van der Waals surface area (Å²) in [7, 11) is -4.31. The zero-order valence-electron chi connectivity index (χ0n) is 24.1. The van der Waals surface area contributed by atoms with Gasteiger partial charge in [0.05, 0.1) is 11.1 Å². The molecule has 9 nitrogen and oxygen atoms in total. The van der Waals surface area contributed by atoms with Gasteiger partial charge in [0.1, 0.15) is 16.9 Å². The van der Waals surface area contributed by atoms with Gasteiger partial charge in [-0.05, 0) is 71.6 Å². The highest BCUT2D eigenvalue weighted by Crippen LogP contribution is 2.35. The Morgan fingerprint density at radius 3 is 2.44 bits per heavy atom. The quantitative estimate of drug-likeness (QED) is 0.261. The summed E-state index contributed by atoms with van der Waals surface area (Å²) in [6, 6.07) is 7.11. The van der Waals surface area contributed by atoms with Crippen LogP contribution in [-0.4, -0.2) is 46.1 Å². The summed E-state index contributed by atoms with van der Waals surface area (Å²) >= 11 is 0. The van der Waals surface area contributed by atoms with Crippen LogP contribution in [0, 0.1) is 24.4 Å². The number of rotatable bonds is 6. The van der Waals surface area contributed by atoms with Crippen LogP contribution in [0.4, 0.5) is 23.8 Å². The number of carbonyl (C=O) groups is 1. The zero-order valence-corrected chi connectivity index (χ0v) is 24.9. The fourth-order valence-electron chi connectivity index (χ4n) is 5.16. The van der Waals surface area contributed by atoms with Crippen LogP contribution in [-0.2, 0) is 14.8 Å². The molecule has 0 radical (unpaired) electrons. The van der Waals surface area contributed by atoms with Crippen LogP contribution in [0.2, 0.25) is 0 Å². The molecule has 2 aromatic carbocycles. The Bertz CT molecular complexity index is 1790. The molecule has 1 fully saturated rings. The lowest BCUT2D eigenvalue weighted by molar-refractivity contribution is 0.0492. The number of nitrogens with zero attached hydrogens (tertiary/aromatic N) is 3. The monoisotopic (exact) mass is 615 g/mol. The second-order valence-corrected chi connectivity index (χ2v) is 13.5. The molecule has 5 rings (SSSR count). The molecule has 1 aliphatic rings. The predicted octanol–water partition coefficient (Wildman–Crippen LogP) is 6.31. The molecule has 2 atom stereocenters. The van der Waals surface area contributed by atoms with Crippen molar-refractivity contribution in [2.45, 2.75) is 76.0 Å². The maximum absolute atomic E-state index is 15.1. The van der Waals surface area contributed by atoms with Crippen molar-refractivity contribution >= 4 is 32.8 Å². The minimum Gasteiger partial charge on any atom is -0.444 e. The van der Waals surface area contributed by atoms with E-state index < -0.39 is 39.2 Å². The Balaban J connectivity index is 1.48. The first-order chi connectivity index (χ1) is 20.2. The van der Waals surface area contributed by atoms with E-state index in [1.807, 2.05) is 0 Å². The van der Waals surface area contributed by atoms with Gasteiger partial charge < -0.3 is 15.4 Å². The summed E-state index contributed by atoms with van der Waals surface area (Å²) in [5, 5.41) is 5.81. The largest absolute Gasteiger partial charge is 0.444 e. The minimum atomic E-state index is -4.31. The van der Waals surface area contributed by atoms with Gasteiger partial charge in [0.2, 0.25) is 0 Å². The normalized spacial score (nSPS) is 17.6. The number of anilines is 1. The third kappa shape index (κ3) is 6.61. The molecule has 2 aromatic heterocycles. The SMILES string of the molecule is Cc1ccc(S(=O)(=O)n2cc(-c3ncc(F)c(N[C@H]4CCC[C@@H](NC(=O)OC(C)(C)C)C4)n3)c3cc(F)cc(F)c32)cc1. The van der Waals surface area contributed by atoms with Crippen LogP contribution in [0.25, 0.3) is 22.3 Å². The first-order valence-corrected chi connectivity index (χ1v) is 15.3. The van der Waals surface area contributed by atoms with Crippen molar-refractivity contribution in [3.8, 4) is 11.4 Å². The van der Waals surface area contributed by atoms with E-state index in [2.05, 4.69) is 20.6 Å². The molecule has 13 heteroatoms. The first kappa shape index (κ1) is 30.3. The summed E-state index contributed by atoms with van der Waals surface area (Å²) < 4.78 is 77.6. The molecule has 1 amide bonds. The molecule has 228 valence electrons. The number of hydrogen-bond acceptors (Lipinski definition) is 7. The number of halogens is 3. The lowest BCUT2D eigenvalue weighted by Crippen LogP contribution is -2.44. The number of amides is 1. The second kappa shape index (κ2) is 11.5. The summed E-state index contributed by atoms with van der Waals surface area (Å²) in [4.78, 5) is 20.5. The van der Waals surface area contributed by atoms with Gasteiger partial charge in [-0.25, -0.2) is 40.3 Å². The van der Waals surface area contributed by atoms with E-state index in [9.17, 15) is 22.0 Å². The van der Waals surface area contributed by atoms with E-state index >= 15 is 4.39 Å². The van der Waals surface area contributed by atoms with Crippen LogP contribution >= 0.6 is 0 Å². The highest BCUT2D eigenvalue weighted by atomic mass is 32.2. The van der Waals surface area contributed by atoms with Crippen molar-refractivity contribution in [3.05, 3.63) is 71.8 Å². The minimum absolute atomic E-state index is 0.000231. The summed E-state index contributed by atoms with van der Waals surface area (Å²) in [5.41, 5.74) is -0.205.